The number of primary amides is 1. The Balaban J connectivity index is 1.80. The van der Waals surface area contributed by atoms with Crippen molar-refractivity contribution in [2.75, 3.05) is 5.75 Å². The predicted octanol–water partition coefficient (Wildman–Crippen LogP) is 3.13. The number of hydrogen-bond donors (Lipinski definition) is 1. The topological polar surface area (TPSA) is 99.1 Å². The molecule has 0 fully saturated rings. The van der Waals surface area contributed by atoms with E-state index >= 15 is 0 Å². The number of rotatable bonds is 6. The first-order valence-electron chi connectivity index (χ1n) is 7.34. The second-order valence-electron chi connectivity index (χ2n) is 5.40. The van der Waals surface area contributed by atoms with Crippen LogP contribution >= 0.6 is 34.9 Å². The van der Waals surface area contributed by atoms with Gasteiger partial charge in [0.05, 0.1) is 5.75 Å². The molecule has 0 bridgehead atoms. The van der Waals surface area contributed by atoms with E-state index in [1.807, 2.05) is 26.0 Å². The molecule has 3 aromatic rings. The quantitative estimate of drug-likeness (QED) is 0.507. The van der Waals surface area contributed by atoms with Gasteiger partial charge in [0.1, 0.15) is 5.58 Å². The number of hydrogen-bond acceptors (Lipinski definition) is 8. The lowest BCUT2D eigenvalue weighted by molar-refractivity contribution is -0.115. The van der Waals surface area contributed by atoms with Crippen LogP contribution in [0, 0.1) is 13.8 Å². The molecule has 0 spiro atoms. The van der Waals surface area contributed by atoms with Crippen LogP contribution in [0.25, 0.3) is 11.0 Å². The maximum Gasteiger partial charge on any atom is 0.336 e. The number of thioether (sulfide) groups is 2. The van der Waals surface area contributed by atoms with E-state index in [-0.39, 0.29) is 17.3 Å². The van der Waals surface area contributed by atoms with E-state index in [4.69, 9.17) is 10.2 Å². The third kappa shape index (κ3) is 4.42. The number of fused-ring (bicyclic) bond motifs is 1. The van der Waals surface area contributed by atoms with Gasteiger partial charge in [0.15, 0.2) is 8.68 Å². The van der Waals surface area contributed by atoms with Crippen molar-refractivity contribution in [3.05, 3.63) is 45.3 Å². The SMILES string of the molecule is Cc1cc2oc(=O)cc(CSc3nnc(SCC(N)=O)s3)c2cc1C. The summed E-state index contributed by atoms with van der Waals surface area (Å²) < 4.78 is 6.79. The molecule has 6 nitrogen and oxygen atoms in total. The van der Waals surface area contributed by atoms with Gasteiger partial charge in [-0.3, -0.25) is 4.79 Å². The Bertz CT molecular complexity index is 997. The molecule has 130 valence electrons. The van der Waals surface area contributed by atoms with Gasteiger partial charge in [0, 0.05) is 17.2 Å². The Morgan fingerprint density at radius 1 is 1.16 bits per heavy atom. The minimum absolute atomic E-state index is 0.183. The molecule has 0 saturated carbocycles. The molecule has 2 N–H and O–H groups in total. The molecule has 2 heterocycles. The number of aryl methyl sites for hydroxylation is 2. The van der Waals surface area contributed by atoms with Crippen LogP contribution in [-0.2, 0) is 10.5 Å². The molecule has 0 aliphatic carbocycles. The van der Waals surface area contributed by atoms with Gasteiger partial charge in [-0.05, 0) is 42.7 Å². The van der Waals surface area contributed by atoms with Crippen molar-refractivity contribution >= 4 is 51.7 Å². The van der Waals surface area contributed by atoms with Crippen molar-refractivity contribution in [3.63, 3.8) is 0 Å². The van der Waals surface area contributed by atoms with Crippen LogP contribution in [0.15, 0.2) is 36.1 Å². The molecule has 2 aromatic heterocycles. The first kappa shape index (κ1) is 18.0. The molecular formula is C16H15N3O3S3. The second-order valence-corrected chi connectivity index (χ2v) is 8.82. The van der Waals surface area contributed by atoms with Crippen LogP contribution in [0.3, 0.4) is 0 Å². The lowest BCUT2D eigenvalue weighted by Gasteiger charge is -2.07. The van der Waals surface area contributed by atoms with E-state index in [1.165, 1.54) is 40.9 Å². The molecule has 0 aliphatic rings. The van der Waals surface area contributed by atoms with Gasteiger partial charge in [-0.2, -0.15) is 0 Å². The minimum atomic E-state index is -0.387. The number of nitrogens with zero attached hydrogens (tertiary/aromatic N) is 2. The number of benzene rings is 1. The van der Waals surface area contributed by atoms with Crippen LogP contribution in [0.2, 0.25) is 0 Å². The summed E-state index contributed by atoms with van der Waals surface area (Å²) in [7, 11) is 0. The van der Waals surface area contributed by atoms with E-state index in [9.17, 15) is 9.59 Å². The molecule has 0 radical (unpaired) electrons. The summed E-state index contributed by atoms with van der Waals surface area (Å²) in [6.07, 6.45) is 0. The normalized spacial score (nSPS) is 11.1. The first-order chi connectivity index (χ1) is 11.9. The summed E-state index contributed by atoms with van der Waals surface area (Å²) in [5, 5.41) is 9.06. The van der Waals surface area contributed by atoms with Crippen molar-refractivity contribution in [1.29, 1.82) is 0 Å². The number of amides is 1. The molecule has 0 aliphatic heterocycles. The standard InChI is InChI=1S/C16H15N3O3S3/c1-8-3-11-10(5-14(21)22-12(11)4-9(8)2)6-23-15-18-19-16(25-15)24-7-13(17)20/h3-5H,6-7H2,1-2H3,(H2,17,20). The van der Waals surface area contributed by atoms with Gasteiger partial charge < -0.3 is 10.2 Å². The van der Waals surface area contributed by atoms with E-state index in [0.29, 0.717) is 15.7 Å². The lowest BCUT2D eigenvalue weighted by atomic mass is 10.0. The van der Waals surface area contributed by atoms with Crippen molar-refractivity contribution in [3.8, 4) is 0 Å². The summed E-state index contributed by atoms with van der Waals surface area (Å²) in [5.74, 6) is 0.379. The lowest BCUT2D eigenvalue weighted by Crippen LogP contribution is -2.12. The molecule has 0 unspecified atom stereocenters. The molecular weight excluding hydrogens is 378 g/mol. The van der Waals surface area contributed by atoms with Gasteiger partial charge in [-0.1, -0.05) is 34.9 Å². The van der Waals surface area contributed by atoms with E-state index in [1.54, 1.807) is 0 Å². The summed E-state index contributed by atoms with van der Waals surface area (Å²) in [5.41, 5.74) is 8.50. The third-order valence-electron chi connectivity index (χ3n) is 3.52. The van der Waals surface area contributed by atoms with Crippen molar-refractivity contribution in [2.45, 2.75) is 28.3 Å². The molecule has 1 amide bonds. The monoisotopic (exact) mass is 393 g/mol. The third-order valence-corrected chi connectivity index (χ3v) is 6.78. The Morgan fingerprint density at radius 3 is 2.56 bits per heavy atom. The maximum absolute atomic E-state index is 11.8. The molecule has 0 saturated heterocycles. The number of carbonyl (C=O) groups is 1. The van der Waals surface area contributed by atoms with Crippen LogP contribution < -0.4 is 11.4 Å². The van der Waals surface area contributed by atoms with Gasteiger partial charge >= 0.3 is 5.63 Å². The highest BCUT2D eigenvalue weighted by Crippen LogP contribution is 2.32. The van der Waals surface area contributed by atoms with Gasteiger partial charge in [-0.25, -0.2) is 4.79 Å². The highest BCUT2D eigenvalue weighted by Gasteiger charge is 2.11. The fraction of sp³-hybridized carbons (Fsp3) is 0.250. The average Bonchev–Trinajstić information content (AvgIpc) is 3.00. The van der Waals surface area contributed by atoms with Crippen LogP contribution in [0.4, 0.5) is 0 Å². The summed E-state index contributed by atoms with van der Waals surface area (Å²) >= 11 is 4.17. The van der Waals surface area contributed by atoms with Crippen LogP contribution in [0.1, 0.15) is 16.7 Å². The Kier molecular flexibility index (Phi) is 5.45. The zero-order chi connectivity index (χ0) is 18.0. The van der Waals surface area contributed by atoms with Crippen LogP contribution in [0.5, 0.6) is 0 Å². The molecule has 1 aromatic carbocycles. The smallest absolute Gasteiger partial charge is 0.336 e. The molecule has 9 heteroatoms. The van der Waals surface area contributed by atoms with Crippen molar-refractivity contribution < 1.29 is 9.21 Å². The summed E-state index contributed by atoms with van der Waals surface area (Å²) in [4.78, 5) is 22.6. The summed E-state index contributed by atoms with van der Waals surface area (Å²) in [6, 6.07) is 5.45. The Morgan fingerprint density at radius 2 is 1.84 bits per heavy atom. The van der Waals surface area contributed by atoms with E-state index < -0.39 is 0 Å². The van der Waals surface area contributed by atoms with E-state index in [2.05, 4.69) is 10.2 Å². The number of nitrogens with two attached hydrogens (primary N) is 1. The van der Waals surface area contributed by atoms with E-state index in [0.717, 1.165) is 26.4 Å². The van der Waals surface area contributed by atoms with Crippen molar-refractivity contribution in [2.24, 2.45) is 5.73 Å². The van der Waals surface area contributed by atoms with Gasteiger partial charge in [0.2, 0.25) is 5.91 Å². The molecule has 3 rings (SSSR count). The zero-order valence-electron chi connectivity index (χ0n) is 13.6. The number of aromatic nitrogens is 2. The minimum Gasteiger partial charge on any atom is -0.423 e. The first-order valence-corrected chi connectivity index (χ1v) is 10.1. The Labute approximate surface area is 156 Å². The van der Waals surface area contributed by atoms with Gasteiger partial charge in [0.25, 0.3) is 0 Å². The highest BCUT2D eigenvalue weighted by atomic mass is 32.2. The second kappa shape index (κ2) is 7.59. The fourth-order valence-electron chi connectivity index (χ4n) is 2.19. The largest absolute Gasteiger partial charge is 0.423 e. The van der Waals surface area contributed by atoms with Crippen molar-refractivity contribution in [1.82, 2.24) is 10.2 Å². The maximum atomic E-state index is 11.8. The van der Waals surface area contributed by atoms with Gasteiger partial charge in [-0.15, -0.1) is 10.2 Å². The predicted molar refractivity (Wildman–Crippen MR) is 101 cm³/mol. The Hall–Kier alpha value is -1.84. The van der Waals surface area contributed by atoms with Crippen LogP contribution in [-0.4, -0.2) is 21.9 Å². The average molecular weight is 394 g/mol. The zero-order valence-corrected chi connectivity index (χ0v) is 16.0. The fourth-order valence-corrected chi connectivity index (χ4v) is 4.94. The molecule has 0 atom stereocenters. The highest BCUT2D eigenvalue weighted by molar-refractivity contribution is 8.03. The summed E-state index contributed by atoms with van der Waals surface area (Å²) in [6.45, 7) is 4.02. The molecule has 25 heavy (non-hydrogen) atoms. The number of carbonyl (C=O) groups excluding carboxylic acids is 1.